The topological polar surface area (TPSA) is 115 Å². The van der Waals surface area contributed by atoms with Gasteiger partial charge in [-0.15, -0.1) is 0 Å². The maximum Gasteiger partial charge on any atom is 0.338 e. The van der Waals surface area contributed by atoms with Gasteiger partial charge in [-0.2, -0.15) is 5.26 Å². The zero-order valence-electron chi connectivity index (χ0n) is 22.2. The standard InChI is InChI=1S/C30H29N5O4/c1-5-39-30(38)20-11-13-23-24(16-20)33-29(37)27(23)28(19-9-7-6-8-10-19)32-22-12-14-25(21(15-22)17-31)35(4)26(36)18-34(2)3/h6-16,32H,5,18H2,1-4H3,(H,33,37)/b28-27-. The highest BCUT2D eigenvalue weighted by Gasteiger charge is 2.29. The minimum atomic E-state index is -0.466. The molecule has 4 rings (SSSR count). The first-order valence-corrected chi connectivity index (χ1v) is 12.4. The molecule has 198 valence electrons. The number of hydrogen-bond acceptors (Lipinski definition) is 7. The highest BCUT2D eigenvalue weighted by molar-refractivity contribution is 6.37. The lowest BCUT2D eigenvalue weighted by Gasteiger charge is -2.22. The lowest BCUT2D eigenvalue weighted by Crippen LogP contribution is -2.35. The first kappa shape index (κ1) is 27.1. The second-order valence-corrected chi connectivity index (χ2v) is 9.21. The predicted molar refractivity (Wildman–Crippen MR) is 151 cm³/mol. The van der Waals surface area contributed by atoms with Gasteiger partial charge in [0.2, 0.25) is 5.91 Å². The third-order valence-electron chi connectivity index (χ3n) is 6.16. The number of nitrogens with one attached hydrogen (secondary N) is 2. The summed E-state index contributed by atoms with van der Waals surface area (Å²) in [6, 6.07) is 21.6. The summed E-state index contributed by atoms with van der Waals surface area (Å²) in [4.78, 5) is 41.3. The lowest BCUT2D eigenvalue weighted by molar-refractivity contribution is -0.119. The van der Waals surface area contributed by atoms with Gasteiger partial charge in [0.05, 0.1) is 46.9 Å². The van der Waals surface area contributed by atoms with Crippen molar-refractivity contribution in [1.29, 1.82) is 5.26 Å². The van der Waals surface area contributed by atoms with E-state index in [9.17, 15) is 19.6 Å². The van der Waals surface area contributed by atoms with E-state index in [1.54, 1.807) is 69.4 Å². The minimum absolute atomic E-state index is 0.147. The van der Waals surface area contributed by atoms with Gasteiger partial charge in [-0.05, 0) is 56.9 Å². The Balaban J connectivity index is 1.77. The van der Waals surface area contributed by atoms with E-state index in [1.165, 1.54) is 4.90 Å². The fraction of sp³-hybridized carbons (Fsp3) is 0.200. The van der Waals surface area contributed by atoms with E-state index in [0.717, 1.165) is 5.56 Å². The van der Waals surface area contributed by atoms with Crippen LogP contribution in [0.4, 0.5) is 17.1 Å². The highest BCUT2D eigenvalue weighted by Crippen LogP contribution is 2.38. The quantitative estimate of drug-likeness (QED) is 0.336. The second-order valence-electron chi connectivity index (χ2n) is 9.21. The molecule has 2 amide bonds. The molecule has 9 nitrogen and oxygen atoms in total. The molecule has 9 heteroatoms. The van der Waals surface area contributed by atoms with Gasteiger partial charge in [0, 0.05) is 18.3 Å². The Hall–Kier alpha value is -4.94. The average Bonchev–Trinajstić information content (AvgIpc) is 3.26. The van der Waals surface area contributed by atoms with E-state index in [-0.39, 0.29) is 25.0 Å². The van der Waals surface area contributed by atoms with E-state index >= 15 is 0 Å². The molecule has 2 N–H and O–H groups in total. The van der Waals surface area contributed by atoms with Crippen molar-refractivity contribution in [3.05, 3.63) is 89.0 Å². The first-order valence-electron chi connectivity index (χ1n) is 12.4. The van der Waals surface area contributed by atoms with Crippen molar-refractivity contribution < 1.29 is 19.1 Å². The Morgan fingerprint density at radius 2 is 1.74 bits per heavy atom. The van der Waals surface area contributed by atoms with Crippen molar-refractivity contribution >= 4 is 46.1 Å². The third kappa shape index (κ3) is 5.81. The normalized spacial score (nSPS) is 13.3. The smallest absolute Gasteiger partial charge is 0.338 e. The fourth-order valence-corrected chi connectivity index (χ4v) is 4.30. The summed E-state index contributed by atoms with van der Waals surface area (Å²) in [6.45, 7) is 2.19. The zero-order valence-corrected chi connectivity index (χ0v) is 22.2. The van der Waals surface area contributed by atoms with Crippen LogP contribution in [0.5, 0.6) is 0 Å². The zero-order chi connectivity index (χ0) is 28.1. The molecule has 3 aromatic carbocycles. The van der Waals surface area contributed by atoms with Crippen LogP contribution < -0.4 is 15.5 Å². The van der Waals surface area contributed by atoms with Crippen molar-refractivity contribution in [3.63, 3.8) is 0 Å². The molecule has 1 aliphatic rings. The monoisotopic (exact) mass is 523 g/mol. The molecule has 0 unspecified atom stereocenters. The van der Waals surface area contributed by atoms with Crippen molar-refractivity contribution in [3.8, 4) is 6.07 Å². The SMILES string of the molecule is CCOC(=O)c1ccc2c(c1)NC(=O)/C2=C(\Nc1ccc(N(C)C(=O)CN(C)C)c(C#N)c1)c1ccccc1. The van der Waals surface area contributed by atoms with E-state index in [0.29, 0.717) is 45.0 Å². The van der Waals surface area contributed by atoms with E-state index < -0.39 is 5.97 Å². The predicted octanol–water partition coefficient (Wildman–Crippen LogP) is 4.19. The van der Waals surface area contributed by atoms with Crippen molar-refractivity contribution in [1.82, 2.24) is 4.90 Å². The lowest BCUT2D eigenvalue weighted by atomic mass is 9.99. The number of benzene rings is 3. The number of ether oxygens (including phenoxy) is 1. The number of nitrogens with zero attached hydrogens (tertiary/aromatic N) is 3. The molecule has 0 atom stereocenters. The molecule has 39 heavy (non-hydrogen) atoms. The van der Waals surface area contributed by atoms with Gasteiger partial charge in [0.1, 0.15) is 6.07 Å². The molecule has 0 saturated carbocycles. The Bertz CT molecular complexity index is 1510. The summed E-state index contributed by atoms with van der Waals surface area (Å²) >= 11 is 0. The van der Waals surface area contributed by atoms with Crippen LogP contribution in [0.1, 0.15) is 34.0 Å². The molecule has 0 bridgehead atoms. The Kier molecular flexibility index (Phi) is 8.08. The van der Waals surface area contributed by atoms with Gasteiger partial charge >= 0.3 is 5.97 Å². The number of nitriles is 1. The minimum Gasteiger partial charge on any atom is -0.462 e. The molecule has 0 spiro atoms. The summed E-state index contributed by atoms with van der Waals surface area (Å²) in [5.74, 6) is -0.944. The van der Waals surface area contributed by atoms with Gasteiger partial charge < -0.3 is 25.2 Å². The number of amides is 2. The van der Waals surface area contributed by atoms with Crippen LogP contribution in [0.25, 0.3) is 11.3 Å². The van der Waals surface area contributed by atoms with E-state index in [4.69, 9.17) is 4.74 Å². The summed E-state index contributed by atoms with van der Waals surface area (Å²) < 4.78 is 5.09. The molecule has 3 aromatic rings. The summed E-state index contributed by atoms with van der Waals surface area (Å²) in [6.07, 6.45) is 0. The maximum absolute atomic E-state index is 13.2. The average molecular weight is 524 g/mol. The Morgan fingerprint density at radius 3 is 2.41 bits per heavy atom. The molecule has 1 heterocycles. The number of rotatable bonds is 8. The summed E-state index contributed by atoms with van der Waals surface area (Å²) in [5, 5.41) is 16.0. The van der Waals surface area contributed by atoms with Gasteiger partial charge in [0.25, 0.3) is 5.91 Å². The third-order valence-corrected chi connectivity index (χ3v) is 6.16. The van der Waals surface area contributed by atoms with Crippen molar-refractivity contribution in [2.75, 3.05) is 49.8 Å². The first-order chi connectivity index (χ1) is 18.7. The number of carbonyl (C=O) groups is 3. The molecule has 0 aliphatic carbocycles. The molecule has 0 aromatic heterocycles. The number of fused-ring (bicyclic) bond motifs is 1. The molecule has 0 radical (unpaired) electrons. The van der Waals surface area contributed by atoms with Gasteiger partial charge in [-0.25, -0.2) is 4.79 Å². The number of anilines is 3. The second kappa shape index (κ2) is 11.6. The molecular formula is C30H29N5O4. The van der Waals surface area contributed by atoms with Crippen molar-refractivity contribution in [2.45, 2.75) is 6.92 Å². The van der Waals surface area contributed by atoms with Crippen LogP contribution in [0.3, 0.4) is 0 Å². The van der Waals surface area contributed by atoms with Gasteiger partial charge in [-0.3, -0.25) is 9.59 Å². The van der Waals surface area contributed by atoms with Crippen LogP contribution in [-0.2, 0) is 14.3 Å². The number of esters is 1. The van der Waals surface area contributed by atoms with E-state index in [2.05, 4.69) is 16.7 Å². The molecule has 0 fully saturated rings. The van der Waals surface area contributed by atoms with Crippen LogP contribution in [0.2, 0.25) is 0 Å². The number of likely N-dealkylation sites (N-methyl/N-ethyl adjacent to an activating group) is 2. The number of hydrogen-bond donors (Lipinski definition) is 2. The van der Waals surface area contributed by atoms with Gasteiger partial charge in [0.15, 0.2) is 0 Å². The van der Waals surface area contributed by atoms with Crippen LogP contribution in [-0.4, -0.2) is 57.0 Å². The van der Waals surface area contributed by atoms with Crippen LogP contribution >= 0.6 is 0 Å². The fourth-order valence-electron chi connectivity index (χ4n) is 4.30. The molecular weight excluding hydrogens is 494 g/mol. The Labute approximate surface area is 227 Å². The van der Waals surface area contributed by atoms with Crippen LogP contribution in [0.15, 0.2) is 66.7 Å². The highest BCUT2D eigenvalue weighted by atomic mass is 16.5. The van der Waals surface area contributed by atoms with Crippen molar-refractivity contribution in [2.24, 2.45) is 0 Å². The Morgan fingerprint density at radius 1 is 1.00 bits per heavy atom. The summed E-state index contributed by atoms with van der Waals surface area (Å²) in [5.41, 5.74) is 4.52. The van der Waals surface area contributed by atoms with Gasteiger partial charge in [-0.1, -0.05) is 36.4 Å². The van der Waals surface area contributed by atoms with Crippen LogP contribution in [0, 0.1) is 11.3 Å². The molecule has 0 saturated heterocycles. The maximum atomic E-state index is 13.2. The number of carbonyl (C=O) groups excluding carboxylic acids is 3. The summed E-state index contributed by atoms with van der Waals surface area (Å²) in [7, 11) is 5.24. The molecule has 1 aliphatic heterocycles. The largest absolute Gasteiger partial charge is 0.462 e. The van der Waals surface area contributed by atoms with E-state index in [1.807, 2.05) is 30.3 Å².